The van der Waals surface area contributed by atoms with Gasteiger partial charge >= 0.3 is 0 Å². The number of benzene rings is 2. The maximum absolute atomic E-state index is 13.9. The highest BCUT2D eigenvalue weighted by Crippen LogP contribution is 2.28. The molecule has 0 aliphatic carbocycles. The normalized spacial score (nSPS) is 12.5. The van der Waals surface area contributed by atoms with Gasteiger partial charge in [0.1, 0.15) is 11.6 Å². The van der Waals surface area contributed by atoms with Gasteiger partial charge in [-0.1, -0.05) is 17.7 Å². The van der Waals surface area contributed by atoms with Crippen molar-refractivity contribution in [2.75, 3.05) is 7.05 Å². The lowest BCUT2D eigenvalue weighted by Crippen LogP contribution is -2.20. The van der Waals surface area contributed by atoms with Crippen LogP contribution in [0.25, 0.3) is 0 Å². The van der Waals surface area contributed by atoms with Crippen molar-refractivity contribution < 1.29 is 8.78 Å². The van der Waals surface area contributed by atoms with Crippen LogP contribution in [0.3, 0.4) is 0 Å². The zero-order valence-electron chi connectivity index (χ0n) is 10.7. The van der Waals surface area contributed by atoms with Crippen LogP contribution < -0.4 is 5.32 Å². The molecule has 2 rings (SSSR count). The van der Waals surface area contributed by atoms with E-state index < -0.39 is 0 Å². The maximum atomic E-state index is 13.9. The third-order valence-electron chi connectivity index (χ3n) is 3.10. The molecule has 0 amide bonds. The molecule has 0 radical (unpaired) electrons. The summed E-state index contributed by atoms with van der Waals surface area (Å²) >= 11 is 5.92. The molecule has 2 aromatic rings. The number of nitrogens with one attached hydrogen (secondary N) is 1. The van der Waals surface area contributed by atoms with E-state index >= 15 is 0 Å². The topological polar surface area (TPSA) is 12.0 Å². The van der Waals surface area contributed by atoms with Crippen molar-refractivity contribution >= 4 is 11.6 Å². The van der Waals surface area contributed by atoms with Gasteiger partial charge in [0, 0.05) is 10.6 Å². The first kappa shape index (κ1) is 14.0. The van der Waals surface area contributed by atoms with E-state index in [1.54, 1.807) is 26.1 Å². The van der Waals surface area contributed by atoms with Gasteiger partial charge in [0.25, 0.3) is 0 Å². The minimum atomic E-state index is -0.362. The van der Waals surface area contributed by atoms with Crippen LogP contribution in [-0.2, 0) is 0 Å². The second-order valence-electron chi connectivity index (χ2n) is 4.39. The summed E-state index contributed by atoms with van der Waals surface area (Å²) in [7, 11) is 1.73. The molecule has 4 heteroatoms. The Hall–Kier alpha value is -1.45. The summed E-state index contributed by atoms with van der Waals surface area (Å²) in [5.41, 5.74) is 2.04. The third kappa shape index (κ3) is 2.94. The van der Waals surface area contributed by atoms with Crippen molar-refractivity contribution in [2.24, 2.45) is 0 Å². The first-order chi connectivity index (χ1) is 9.02. The first-order valence-corrected chi connectivity index (χ1v) is 6.29. The van der Waals surface area contributed by atoms with Gasteiger partial charge in [-0.15, -0.1) is 0 Å². The van der Waals surface area contributed by atoms with Gasteiger partial charge < -0.3 is 5.32 Å². The van der Waals surface area contributed by atoms with Crippen LogP contribution in [0.15, 0.2) is 36.4 Å². The van der Waals surface area contributed by atoms with Gasteiger partial charge in [-0.05, 0) is 55.4 Å². The van der Waals surface area contributed by atoms with Gasteiger partial charge in [0.2, 0.25) is 0 Å². The highest BCUT2D eigenvalue weighted by atomic mass is 35.5. The van der Waals surface area contributed by atoms with E-state index in [4.69, 9.17) is 11.6 Å². The molecule has 19 heavy (non-hydrogen) atoms. The second-order valence-corrected chi connectivity index (χ2v) is 4.82. The van der Waals surface area contributed by atoms with Crippen molar-refractivity contribution in [3.05, 3.63) is 69.7 Å². The Morgan fingerprint density at radius 2 is 1.79 bits per heavy atom. The smallest absolute Gasteiger partial charge is 0.128 e. The maximum Gasteiger partial charge on any atom is 0.128 e. The molecule has 0 aromatic heterocycles. The molecule has 0 spiro atoms. The summed E-state index contributed by atoms with van der Waals surface area (Å²) in [6.45, 7) is 1.80. The molecule has 1 nitrogen and oxygen atoms in total. The van der Waals surface area contributed by atoms with Crippen molar-refractivity contribution in [3.63, 3.8) is 0 Å². The molecule has 0 bridgehead atoms. The summed E-state index contributed by atoms with van der Waals surface area (Å²) < 4.78 is 27.1. The van der Waals surface area contributed by atoms with Crippen molar-refractivity contribution in [1.29, 1.82) is 0 Å². The van der Waals surface area contributed by atoms with E-state index in [1.165, 1.54) is 24.3 Å². The van der Waals surface area contributed by atoms with Crippen LogP contribution in [0.2, 0.25) is 5.02 Å². The van der Waals surface area contributed by atoms with E-state index in [0.29, 0.717) is 10.6 Å². The Morgan fingerprint density at radius 3 is 2.42 bits per heavy atom. The van der Waals surface area contributed by atoms with Gasteiger partial charge in [0.05, 0.1) is 6.04 Å². The summed E-state index contributed by atoms with van der Waals surface area (Å²) in [6.07, 6.45) is 0. The summed E-state index contributed by atoms with van der Waals surface area (Å²) in [6, 6.07) is 8.52. The van der Waals surface area contributed by atoms with E-state index in [1.807, 2.05) is 0 Å². The van der Waals surface area contributed by atoms with Crippen LogP contribution in [0, 0.1) is 18.6 Å². The van der Waals surface area contributed by atoms with E-state index in [2.05, 4.69) is 5.32 Å². The van der Waals surface area contributed by atoms with Gasteiger partial charge in [0.15, 0.2) is 0 Å². The minimum Gasteiger partial charge on any atom is -0.309 e. The zero-order valence-corrected chi connectivity index (χ0v) is 11.4. The van der Waals surface area contributed by atoms with Gasteiger partial charge in [-0.3, -0.25) is 0 Å². The fraction of sp³-hybridized carbons (Fsp3) is 0.200. The Bertz CT molecular complexity index is 599. The monoisotopic (exact) mass is 281 g/mol. The molecule has 2 aromatic carbocycles. The molecule has 0 aliphatic heterocycles. The Balaban J connectivity index is 2.52. The fourth-order valence-electron chi connectivity index (χ4n) is 2.18. The summed E-state index contributed by atoms with van der Waals surface area (Å²) in [5.74, 6) is -0.643. The highest BCUT2D eigenvalue weighted by molar-refractivity contribution is 6.30. The Labute approximate surface area is 116 Å². The second kappa shape index (κ2) is 5.68. The highest BCUT2D eigenvalue weighted by Gasteiger charge is 2.18. The molecular weight excluding hydrogens is 268 g/mol. The van der Waals surface area contributed by atoms with Gasteiger partial charge in [-0.25, -0.2) is 8.78 Å². The van der Waals surface area contributed by atoms with Gasteiger partial charge in [-0.2, -0.15) is 0 Å². The molecule has 100 valence electrons. The quantitative estimate of drug-likeness (QED) is 0.887. The Morgan fingerprint density at radius 1 is 1.05 bits per heavy atom. The third-order valence-corrected chi connectivity index (χ3v) is 3.34. The molecule has 0 heterocycles. The van der Waals surface area contributed by atoms with E-state index in [0.717, 1.165) is 11.1 Å². The minimum absolute atomic E-state index is 0.303. The zero-order chi connectivity index (χ0) is 14.0. The van der Waals surface area contributed by atoms with Crippen molar-refractivity contribution in [2.45, 2.75) is 13.0 Å². The van der Waals surface area contributed by atoms with Crippen LogP contribution in [0.4, 0.5) is 8.78 Å². The Kier molecular flexibility index (Phi) is 4.17. The molecule has 0 aliphatic rings. The van der Waals surface area contributed by atoms with Crippen LogP contribution in [-0.4, -0.2) is 7.05 Å². The SMILES string of the molecule is CNC(c1ccc(F)cc1C)c1cc(Cl)ccc1F. The average Bonchev–Trinajstić information content (AvgIpc) is 2.36. The number of hydrogen-bond acceptors (Lipinski definition) is 1. The molecule has 1 N–H and O–H groups in total. The number of halogens is 3. The predicted molar refractivity (Wildman–Crippen MR) is 73.4 cm³/mol. The average molecular weight is 282 g/mol. The lowest BCUT2D eigenvalue weighted by molar-refractivity contribution is 0.573. The van der Waals surface area contributed by atoms with E-state index in [9.17, 15) is 8.78 Å². The lowest BCUT2D eigenvalue weighted by Gasteiger charge is -2.20. The van der Waals surface area contributed by atoms with Crippen LogP contribution >= 0.6 is 11.6 Å². The molecule has 0 fully saturated rings. The van der Waals surface area contributed by atoms with Crippen molar-refractivity contribution in [3.8, 4) is 0 Å². The van der Waals surface area contributed by atoms with Crippen LogP contribution in [0.5, 0.6) is 0 Å². The van der Waals surface area contributed by atoms with Crippen molar-refractivity contribution in [1.82, 2.24) is 5.32 Å². The van der Waals surface area contributed by atoms with Crippen LogP contribution in [0.1, 0.15) is 22.7 Å². The number of rotatable bonds is 3. The largest absolute Gasteiger partial charge is 0.309 e. The fourth-order valence-corrected chi connectivity index (χ4v) is 2.36. The summed E-state index contributed by atoms with van der Waals surface area (Å²) in [5, 5.41) is 3.51. The number of hydrogen-bond donors (Lipinski definition) is 1. The molecule has 1 unspecified atom stereocenters. The molecule has 1 atom stereocenters. The summed E-state index contributed by atoms with van der Waals surface area (Å²) in [4.78, 5) is 0. The molecule has 0 saturated carbocycles. The standard InChI is InChI=1S/C15H14ClF2N/c1-9-7-11(17)4-5-12(9)15(19-2)13-8-10(16)3-6-14(13)18/h3-8,15,19H,1-2H3. The molecular formula is C15H14ClF2N. The predicted octanol–water partition coefficient (Wildman–Crippen LogP) is 4.24. The lowest BCUT2D eigenvalue weighted by atomic mass is 9.94. The van der Waals surface area contributed by atoms with E-state index in [-0.39, 0.29) is 17.7 Å². The first-order valence-electron chi connectivity index (χ1n) is 5.91. The molecule has 0 saturated heterocycles. The number of aryl methyl sites for hydroxylation is 1.